The number of Topliss-reactive ketones (excluding diaryl/α,β-unsaturated/α-hetero) is 1. The van der Waals surface area contributed by atoms with Crippen molar-refractivity contribution in [2.75, 3.05) is 19.0 Å². The third-order valence-corrected chi connectivity index (χ3v) is 3.36. The van der Waals surface area contributed by atoms with Crippen LogP contribution in [0.5, 0.6) is 5.75 Å². The van der Waals surface area contributed by atoms with E-state index >= 15 is 0 Å². The van der Waals surface area contributed by atoms with E-state index in [1.807, 2.05) is 0 Å². The van der Waals surface area contributed by atoms with E-state index in [-0.39, 0.29) is 22.8 Å². The first-order chi connectivity index (χ1) is 11.3. The van der Waals surface area contributed by atoms with Crippen molar-refractivity contribution in [1.82, 2.24) is 0 Å². The normalized spacial score (nSPS) is 10.1. The van der Waals surface area contributed by atoms with Gasteiger partial charge in [0.15, 0.2) is 5.78 Å². The minimum Gasteiger partial charge on any atom is -0.423 e. The Balaban J connectivity index is 2.32. The monoisotopic (exact) mass is 328 g/mol. The molecule has 0 aliphatic rings. The molecule has 2 rings (SSSR count). The zero-order valence-electron chi connectivity index (χ0n) is 13.5. The van der Waals surface area contributed by atoms with Crippen molar-refractivity contribution in [2.45, 2.75) is 6.92 Å². The van der Waals surface area contributed by atoms with Crippen LogP contribution in [0.25, 0.3) is 0 Å². The third kappa shape index (κ3) is 3.75. The van der Waals surface area contributed by atoms with Crippen LogP contribution in [0, 0.1) is 10.1 Å². The second-order valence-corrected chi connectivity index (χ2v) is 5.32. The fourth-order valence-electron chi connectivity index (χ4n) is 2.11. The van der Waals surface area contributed by atoms with Crippen molar-refractivity contribution in [1.29, 1.82) is 0 Å². The lowest BCUT2D eigenvalue weighted by Crippen LogP contribution is -2.17. The third-order valence-electron chi connectivity index (χ3n) is 3.36. The Morgan fingerprint density at radius 3 is 2.21 bits per heavy atom. The van der Waals surface area contributed by atoms with Gasteiger partial charge in [0, 0.05) is 31.8 Å². The lowest BCUT2D eigenvalue weighted by molar-refractivity contribution is -0.384. The molecule has 0 N–H and O–H groups in total. The highest BCUT2D eigenvalue weighted by Crippen LogP contribution is 2.26. The molecule has 0 spiro atoms. The number of nitro benzene ring substituents is 1. The van der Waals surface area contributed by atoms with Gasteiger partial charge in [-0.25, -0.2) is 4.79 Å². The summed E-state index contributed by atoms with van der Waals surface area (Å²) >= 11 is 0. The Hall–Kier alpha value is -3.22. The first kappa shape index (κ1) is 17.1. The molecule has 0 aliphatic carbocycles. The van der Waals surface area contributed by atoms with E-state index in [9.17, 15) is 19.7 Å². The van der Waals surface area contributed by atoms with Crippen molar-refractivity contribution in [2.24, 2.45) is 0 Å². The summed E-state index contributed by atoms with van der Waals surface area (Å²) in [5, 5.41) is 10.9. The van der Waals surface area contributed by atoms with Gasteiger partial charge in [-0.15, -0.1) is 0 Å². The van der Waals surface area contributed by atoms with Crippen LogP contribution in [0.15, 0.2) is 42.5 Å². The van der Waals surface area contributed by atoms with Crippen LogP contribution in [0.2, 0.25) is 0 Å². The molecule has 0 aliphatic heterocycles. The SMILES string of the molecule is CC(=O)c1ccc(OC(=O)c2cc([N+](=O)[O-])ccc2N(C)C)cc1. The van der Waals surface area contributed by atoms with Crippen molar-refractivity contribution in [3.63, 3.8) is 0 Å². The molecule has 0 amide bonds. The first-order valence-electron chi connectivity index (χ1n) is 7.08. The van der Waals surface area contributed by atoms with Crippen LogP contribution in [0.1, 0.15) is 27.6 Å². The molecule has 7 heteroatoms. The Labute approximate surface area is 138 Å². The maximum Gasteiger partial charge on any atom is 0.345 e. The van der Waals surface area contributed by atoms with E-state index < -0.39 is 10.9 Å². The van der Waals surface area contributed by atoms with Crippen LogP contribution in [-0.2, 0) is 0 Å². The Bertz CT molecular complexity index is 797. The van der Waals surface area contributed by atoms with Gasteiger partial charge in [-0.05, 0) is 37.3 Å². The summed E-state index contributed by atoms with van der Waals surface area (Å²) in [5.74, 6) is -0.555. The molecule has 7 nitrogen and oxygen atoms in total. The van der Waals surface area contributed by atoms with E-state index in [0.29, 0.717) is 11.3 Å². The second-order valence-electron chi connectivity index (χ2n) is 5.32. The van der Waals surface area contributed by atoms with Crippen molar-refractivity contribution >= 4 is 23.1 Å². The number of esters is 1. The lowest BCUT2D eigenvalue weighted by atomic mass is 10.1. The molecule has 0 aromatic heterocycles. The predicted molar refractivity (Wildman–Crippen MR) is 88.8 cm³/mol. The number of benzene rings is 2. The molecule has 0 atom stereocenters. The molecule has 2 aromatic carbocycles. The van der Waals surface area contributed by atoms with E-state index in [2.05, 4.69) is 0 Å². The standard InChI is InChI=1S/C17H16N2O5/c1-11(20)12-4-7-14(8-5-12)24-17(21)15-10-13(19(22)23)6-9-16(15)18(2)3/h4-10H,1-3H3. The maximum atomic E-state index is 12.4. The Morgan fingerprint density at radius 1 is 1.08 bits per heavy atom. The molecule has 124 valence electrons. The maximum absolute atomic E-state index is 12.4. The van der Waals surface area contributed by atoms with Gasteiger partial charge in [-0.3, -0.25) is 14.9 Å². The fourth-order valence-corrected chi connectivity index (χ4v) is 2.11. The summed E-state index contributed by atoms with van der Waals surface area (Å²) < 4.78 is 5.26. The van der Waals surface area contributed by atoms with Gasteiger partial charge in [0.25, 0.3) is 5.69 Å². The minimum absolute atomic E-state index is 0.0878. The van der Waals surface area contributed by atoms with Crippen molar-refractivity contribution < 1.29 is 19.2 Å². The number of hydrogen-bond donors (Lipinski definition) is 0. The first-order valence-corrected chi connectivity index (χ1v) is 7.08. The summed E-state index contributed by atoms with van der Waals surface area (Å²) in [4.78, 5) is 35.7. The molecule has 0 saturated carbocycles. The molecule has 0 heterocycles. The number of ketones is 1. The van der Waals surface area contributed by atoms with Crippen LogP contribution in [0.3, 0.4) is 0 Å². The van der Waals surface area contributed by atoms with Gasteiger partial charge in [-0.2, -0.15) is 0 Å². The topological polar surface area (TPSA) is 89.8 Å². The number of nitro groups is 1. The average Bonchev–Trinajstić information content (AvgIpc) is 2.54. The lowest BCUT2D eigenvalue weighted by Gasteiger charge is -2.16. The molecule has 0 unspecified atom stereocenters. The number of hydrogen-bond acceptors (Lipinski definition) is 6. The zero-order valence-corrected chi connectivity index (χ0v) is 13.5. The molecule has 24 heavy (non-hydrogen) atoms. The van der Waals surface area contributed by atoms with Crippen molar-refractivity contribution in [3.8, 4) is 5.75 Å². The Kier molecular flexibility index (Phi) is 4.93. The highest BCUT2D eigenvalue weighted by Gasteiger charge is 2.19. The predicted octanol–water partition coefficient (Wildman–Crippen LogP) is 3.08. The van der Waals surface area contributed by atoms with Crippen molar-refractivity contribution in [3.05, 3.63) is 63.7 Å². The Morgan fingerprint density at radius 2 is 1.71 bits per heavy atom. The average molecular weight is 328 g/mol. The fraction of sp³-hybridized carbons (Fsp3) is 0.176. The molecule has 0 bridgehead atoms. The van der Waals surface area contributed by atoms with Crippen LogP contribution >= 0.6 is 0 Å². The number of anilines is 1. The van der Waals surface area contributed by atoms with Gasteiger partial charge >= 0.3 is 5.97 Å². The summed E-state index contributed by atoms with van der Waals surface area (Å²) in [6.07, 6.45) is 0. The van der Waals surface area contributed by atoms with Gasteiger partial charge in [-0.1, -0.05) is 0 Å². The summed E-state index contributed by atoms with van der Waals surface area (Å²) in [7, 11) is 3.44. The summed E-state index contributed by atoms with van der Waals surface area (Å²) in [6, 6.07) is 10.1. The second kappa shape index (κ2) is 6.91. The molecule has 2 aromatic rings. The largest absolute Gasteiger partial charge is 0.423 e. The number of nitrogens with zero attached hydrogens (tertiary/aromatic N) is 2. The number of rotatable bonds is 5. The number of ether oxygens (including phenoxy) is 1. The van der Waals surface area contributed by atoms with Gasteiger partial charge in [0.1, 0.15) is 5.75 Å². The summed E-state index contributed by atoms with van der Waals surface area (Å²) in [6.45, 7) is 1.44. The van der Waals surface area contributed by atoms with Crippen LogP contribution in [0.4, 0.5) is 11.4 Å². The molecular weight excluding hydrogens is 312 g/mol. The quantitative estimate of drug-likeness (QED) is 0.275. The van der Waals surface area contributed by atoms with Crippen LogP contribution in [-0.4, -0.2) is 30.8 Å². The van der Waals surface area contributed by atoms with E-state index in [1.165, 1.54) is 37.3 Å². The van der Waals surface area contributed by atoms with E-state index in [4.69, 9.17) is 4.74 Å². The number of non-ortho nitro benzene ring substituents is 1. The molecule has 0 radical (unpaired) electrons. The minimum atomic E-state index is -0.710. The highest BCUT2D eigenvalue weighted by molar-refractivity contribution is 5.98. The van der Waals surface area contributed by atoms with Gasteiger partial charge in [0.05, 0.1) is 16.2 Å². The highest BCUT2D eigenvalue weighted by atomic mass is 16.6. The number of carbonyl (C=O) groups is 2. The molecule has 0 fully saturated rings. The smallest absolute Gasteiger partial charge is 0.345 e. The van der Waals surface area contributed by atoms with E-state index in [1.54, 1.807) is 31.1 Å². The zero-order chi connectivity index (χ0) is 17.9. The van der Waals surface area contributed by atoms with Gasteiger partial charge in [0.2, 0.25) is 0 Å². The molecular formula is C17H16N2O5. The summed E-state index contributed by atoms with van der Waals surface area (Å²) in [5.41, 5.74) is 0.898. The van der Waals surface area contributed by atoms with Crippen LogP contribution < -0.4 is 9.64 Å². The number of carbonyl (C=O) groups excluding carboxylic acids is 2. The van der Waals surface area contributed by atoms with E-state index in [0.717, 1.165) is 0 Å². The van der Waals surface area contributed by atoms with Gasteiger partial charge < -0.3 is 9.64 Å². The molecule has 0 saturated heterocycles.